The number of amides is 1. The van der Waals surface area contributed by atoms with E-state index in [9.17, 15) is 9.18 Å². The van der Waals surface area contributed by atoms with E-state index < -0.39 is 30.0 Å². The van der Waals surface area contributed by atoms with Crippen LogP contribution in [0.25, 0.3) is 17.2 Å². The van der Waals surface area contributed by atoms with Gasteiger partial charge in [-0.3, -0.25) is 4.79 Å². The molecule has 12 heteroatoms. The quantitative estimate of drug-likeness (QED) is 0.445. The van der Waals surface area contributed by atoms with E-state index in [0.29, 0.717) is 22.7 Å². The van der Waals surface area contributed by atoms with Crippen molar-refractivity contribution in [2.75, 3.05) is 5.32 Å². The van der Waals surface area contributed by atoms with Gasteiger partial charge in [-0.1, -0.05) is 0 Å². The summed E-state index contributed by atoms with van der Waals surface area (Å²) in [6.45, 7) is 11.2. The van der Waals surface area contributed by atoms with Crippen molar-refractivity contribution in [3.05, 3.63) is 53.8 Å². The van der Waals surface area contributed by atoms with Crippen molar-refractivity contribution in [3.8, 4) is 11.4 Å². The molecular formula is C23H24BFN6O4. The number of carbonyl (C=O) groups is 1. The number of nitrogens with zero attached hydrogens (tertiary/aromatic N) is 5. The van der Waals surface area contributed by atoms with E-state index in [2.05, 4.69) is 25.4 Å². The third-order valence-corrected chi connectivity index (χ3v) is 6.31. The van der Waals surface area contributed by atoms with Gasteiger partial charge < -0.3 is 19.0 Å². The first-order valence-corrected chi connectivity index (χ1v) is 11.1. The monoisotopic (exact) mass is 478 g/mol. The van der Waals surface area contributed by atoms with Crippen molar-refractivity contribution in [2.24, 2.45) is 0 Å². The number of rotatable bonds is 4. The van der Waals surface area contributed by atoms with Gasteiger partial charge in [-0.2, -0.15) is 4.98 Å². The molecular weight excluding hydrogens is 454 g/mol. The molecule has 1 fully saturated rings. The van der Waals surface area contributed by atoms with Crippen LogP contribution in [0.15, 0.2) is 35.0 Å². The highest BCUT2D eigenvalue weighted by atomic mass is 19.1. The number of nitrogens with one attached hydrogen (secondary N) is 1. The van der Waals surface area contributed by atoms with Gasteiger partial charge in [0, 0.05) is 30.5 Å². The number of aromatic nitrogens is 5. The largest absolute Gasteiger partial charge is 0.498 e. The molecule has 4 aromatic rings. The van der Waals surface area contributed by atoms with E-state index in [1.165, 1.54) is 22.7 Å². The van der Waals surface area contributed by atoms with Gasteiger partial charge in [0.2, 0.25) is 5.76 Å². The maximum Gasteiger partial charge on any atom is 0.498 e. The Kier molecular flexibility index (Phi) is 5.26. The number of carbonyl (C=O) groups excluding carboxylic acids is 1. The fourth-order valence-electron chi connectivity index (χ4n) is 3.72. The lowest BCUT2D eigenvalue weighted by Crippen LogP contribution is -2.41. The number of benzene rings is 1. The van der Waals surface area contributed by atoms with Crippen molar-refractivity contribution >= 4 is 30.0 Å². The number of fused-ring (bicyclic) bond motifs is 1. The third-order valence-electron chi connectivity index (χ3n) is 6.31. The summed E-state index contributed by atoms with van der Waals surface area (Å²) < 4.78 is 33.7. The summed E-state index contributed by atoms with van der Waals surface area (Å²) in [5, 5.41) is 7.09. The van der Waals surface area contributed by atoms with Crippen LogP contribution in [0.4, 0.5) is 10.1 Å². The maximum absolute atomic E-state index is 14.7. The van der Waals surface area contributed by atoms with Gasteiger partial charge in [-0.25, -0.2) is 18.9 Å². The molecule has 35 heavy (non-hydrogen) atoms. The first-order chi connectivity index (χ1) is 16.4. The highest BCUT2D eigenvalue weighted by Crippen LogP contribution is 2.36. The molecule has 3 aromatic heterocycles. The van der Waals surface area contributed by atoms with Crippen LogP contribution in [-0.4, -0.2) is 48.8 Å². The number of hydrogen-bond donors (Lipinski definition) is 1. The Hall–Kier alpha value is -3.64. The molecule has 1 aliphatic rings. The molecule has 1 aromatic carbocycles. The molecule has 4 heterocycles. The van der Waals surface area contributed by atoms with Crippen molar-refractivity contribution in [1.82, 2.24) is 24.6 Å². The second-order valence-corrected chi connectivity index (χ2v) is 9.45. The van der Waals surface area contributed by atoms with E-state index in [0.717, 1.165) is 0 Å². The zero-order valence-electron chi connectivity index (χ0n) is 20.2. The van der Waals surface area contributed by atoms with E-state index in [1.54, 1.807) is 26.2 Å². The SMILES string of the molecule is Cc1nc(C)c(C(=O)Nc2ccc(F)c(-c3nc4ncc(B5OC(C)(C)C(C)(C)O5)cn4n3)c2)o1. The zero-order chi connectivity index (χ0) is 25.1. The summed E-state index contributed by atoms with van der Waals surface area (Å²) in [5.74, 6) is -0.160. The summed E-state index contributed by atoms with van der Waals surface area (Å²) in [7, 11) is -0.622. The predicted octanol–water partition coefficient (Wildman–Crippen LogP) is 3.09. The second kappa shape index (κ2) is 7.96. The van der Waals surface area contributed by atoms with Crippen LogP contribution in [0.5, 0.6) is 0 Å². The number of anilines is 1. The van der Waals surface area contributed by atoms with Gasteiger partial charge >= 0.3 is 7.12 Å². The topological polar surface area (TPSA) is 117 Å². The number of hydrogen-bond acceptors (Lipinski definition) is 8. The normalized spacial score (nSPS) is 16.7. The summed E-state index contributed by atoms with van der Waals surface area (Å²) in [5.41, 5.74) is 0.578. The molecule has 0 bridgehead atoms. The molecule has 0 radical (unpaired) electrons. The molecule has 1 N–H and O–H groups in total. The fourth-order valence-corrected chi connectivity index (χ4v) is 3.72. The Morgan fingerprint density at radius 1 is 1.11 bits per heavy atom. The first kappa shape index (κ1) is 23.1. The average molecular weight is 478 g/mol. The van der Waals surface area contributed by atoms with Crippen LogP contribution in [0.1, 0.15) is 49.8 Å². The summed E-state index contributed by atoms with van der Waals surface area (Å²) >= 11 is 0. The Morgan fingerprint density at radius 2 is 1.83 bits per heavy atom. The van der Waals surface area contributed by atoms with Gasteiger partial charge in [0.1, 0.15) is 5.82 Å². The lowest BCUT2D eigenvalue weighted by atomic mass is 9.81. The van der Waals surface area contributed by atoms with E-state index in [-0.39, 0.29) is 22.9 Å². The lowest BCUT2D eigenvalue weighted by molar-refractivity contribution is 0.00578. The van der Waals surface area contributed by atoms with Crippen molar-refractivity contribution in [1.29, 1.82) is 0 Å². The highest BCUT2D eigenvalue weighted by molar-refractivity contribution is 6.61. The Morgan fingerprint density at radius 3 is 2.49 bits per heavy atom. The lowest BCUT2D eigenvalue weighted by Gasteiger charge is -2.32. The van der Waals surface area contributed by atoms with Crippen molar-refractivity contribution in [2.45, 2.75) is 52.7 Å². The van der Waals surface area contributed by atoms with Crippen LogP contribution < -0.4 is 10.8 Å². The van der Waals surface area contributed by atoms with Crippen molar-refractivity contribution in [3.63, 3.8) is 0 Å². The fraction of sp³-hybridized carbons (Fsp3) is 0.348. The minimum Gasteiger partial charge on any atom is -0.436 e. The molecule has 10 nitrogen and oxygen atoms in total. The predicted molar refractivity (Wildman–Crippen MR) is 126 cm³/mol. The summed E-state index contributed by atoms with van der Waals surface area (Å²) in [4.78, 5) is 25.3. The minimum absolute atomic E-state index is 0.0960. The van der Waals surface area contributed by atoms with E-state index in [1.807, 2.05) is 27.7 Å². The molecule has 0 spiro atoms. The Labute approximate surface area is 201 Å². The summed E-state index contributed by atoms with van der Waals surface area (Å²) in [6, 6.07) is 4.13. The van der Waals surface area contributed by atoms with Gasteiger partial charge in [0.05, 0.1) is 22.5 Å². The van der Waals surface area contributed by atoms with Crippen LogP contribution in [0.3, 0.4) is 0 Å². The molecule has 1 saturated heterocycles. The third kappa shape index (κ3) is 4.08. The number of halogens is 1. The highest BCUT2D eigenvalue weighted by Gasteiger charge is 2.52. The molecule has 0 aliphatic carbocycles. The zero-order valence-corrected chi connectivity index (χ0v) is 20.2. The standard InChI is InChI=1S/C23H24BFN6O4/c1-12-18(33-13(2)27-12)20(32)28-15-7-8-17(25)16(9-15)19-29-21-26-10-14(11-31(21)30-19)24-34-22(3,4)23(5,6)35-24/h7-11H,1-6H3,(H,28,32). The molecule has 5 rings (SSSR count). The molecule has 0 unspecified atom stereocenters. The molecule has 180 valence electrons. The van der Waals surface area contributed by atoms with E-state index in [4.69, 9.17) is 13.7 Å². The smallest absolute Gasteiger partial charge is 0.436 e. The van der Waals surface area contributed by atoms with Crippen LogP contribution in [-0.2, 0) is 9.31 Å². The minimum atomic E-state index is -0.622. The van der Waals surface area contributed by atoms with Gasteiger partial charge in [-0.05, 0) is 52.8 Å². The van der Waals surface area contributed by atoms with E-state index >= 15 is 0 Å². The van der Waals surface area contributed by atoms with Crippen LogP contribution in [0.2, 0.25) is 0 Å². The Balaban J connectivity index is 1.43. The summed E-state index contributed by atoms with van der Waals surface area (Å²) in [6.07, 6.45) is 3.30. The van der Waals surface area contributed by atoms with Gasteiger partial charge in [0.15, 0.2) is 11.7 Å². The average Bonchev–Trinajstić information content (AvgIpc) is 3.41. The first-order valence-electron chi connectivity index (χ1n) is 11.1. The van der Waals surface area contributed by atoms with Crippen LogP contribution in [0, 0.1) is 19.7 Å². The molecule has 1 aliphatic heterocycles. The van der Waals surface area contributed by atoms with Gasteiger partial charge in [-0.15, -0.1) is 5.10 Å². The second-order valence-electron chi connectivity index (χ2n) is 9.45. The molecule has 0 atom stereocenters. The van der Waals surface area contributed by atoms with Crippen molar-refractivity contribution < 1.29 is 22.9 Å². The molecule has 1 amide bonds. The molecule has 0 saturated carbocycles. The Bertz CT molecular complexity index is 1450. The number of oxazole rings is 1. The van der Waals surface area contributed by atoms with Gasteiger partial charge in [0.25, 0.3) is 11.7 Å². The maximum atomic E-state index is 14.7. The van der Waals surface area contributed by atoms with Crippen LogP contribution >= 0.6 is 0 Å². The number of aryl methyl sites for hydroxylation is 2.